The smallest absolute Gasteiger partial charge is 0.0730 e. The van der Waals surface area contributed by atoms with E-state index in [-0.39, 0.29) is 0 Å². The molecule has 0 saturated carbocycles. The zero-order valence-corrected chi connectivity index (χ0v) is 8.90. The van der Waals surface area contributed by atoms with Crippen LogP contribution in [0.4, 0.5) is 5.69 Å². The van der Waals surface area contributed by atoms with Crippen molar-refractivity contribution < 1.29 is 0 Å². The standard InChI is InChI=1S/C10H18N4/c1-8-10(11)6-12-14(8)9-4-3-5-13(2)7-9/h6,9H,3-5,7,11H2,1-2H3/t9-/m0/s1. The van der Waals surface area contributed by atoms with Crippen molar-refractivity contribution in [3.63, 3.8) is 0 Å². The zero-order chi connectivity index (χ0) is 10.1. The van der Waals surface area contributed by atoms with Crippen molar-refractivity contribution in [3.8, 4) is 0 Å². The molecule has 0 spiro atoms. The van der Waals surface area contributed by atoms with E-state index in [0.717, 1.165) is 17.9 Å². The van der Waals surface area contributed by atoms with Gasteiger partial charge in [-0.1, -0.05) is 0 Å². The quantitative estimate of drug-likeness (QED) is 0.726. The molecule has 0 unspecified atom stereocenters. The molecule has 1 aromatic rings. The van der Waals surface area contributed by atoms with Crippen LogP contribution in [0.2, 0.25) is 0 Å². The molecule has 14 heavy (non-hydrogen) atoms. The van der Waals surface area contributed by atoms with Gasteiger partial charge in [0, 0.05) is 6.54 Å². The van der Waals surface area contributed by atoms with E-state index in [1.54, 1.807) is 6.20 Å². The zero-order valence-electron chi connectivity index (χ0n) is 8.90. The highest BCUT2D eigenvalue weighted by molar-refractivity contribution is 5.39. The third kappa shape index (κ3) is 1.62. The van der Waals surface area contributed by atoms with Crippen molar-refractivity contribution in [2.24, 2.45) is 0 Å². The summed E-state index contributed by atoms with van der Waals surface area (Å²) >= 11 is 0. The number of likely N-dealkylation sites (N-methyl/N-ethyl adjacent to an activating group) is 1. The van der Waals surface area contributed by atoms with Gasteiger partial charge in [0.1, 0.15) is 0 Å². The van der Waals surface area contributed by atoms with Gasteiger partial charge in [0.05, 0.1) is 23.6 Å². The summed E-state index contributed by atoms with van der Waals surface area (Å²) in [7, 11) is 2.16. The second-order valence-corrected chi connectivity index (χ2v) is 4.19. The topological polar surface area (TPSA) is 47.1 Å². The lowest BCUT2D eigenvalue weighted by atomic mass is 10.1. The maximum Gasteiger partial charge on any atom is 0.0730 e. The molecule has 1 atom stereocenters. The van der Waals surface area contributed by atoms with Crippen LogP contribution < -0.4 is 5.73 Å². The van der Waals surface area contributed by atoms with Crippen molar-refractivity contribution in [2.75, 3.05) is 25.9 Å². The number of anilines is 1. The van der Waals surface area contributed by atoms with Crippen LogP contribution in [0, 0.1) is 6.92 Å². The Morgan fingerprint density at radius 2 is 2.36 bits per heavy atom. The number of aromatic nitrogens is 2. The Labute approximate surface area is 84.7 Å². The van der Waals surface area contributed by atoms with Crippen LogP contribution in [-0.4, -0.2) is 34.8 Å². The molecule has 1 aliphatic rings. The van der Waals surface area contributed by atoms with Crippen LogP contribution in [0.15, 0.2) is 6.20 Å². The van der Waals surface area contributed by atoms with E-state index in [1.165, 1.54) is 19.4 Å². The highest BCUT2D eigenvalue weighted by Gasteiger charge is 2.20. The van der Waals surface area contributed by atoms with Gasteiger partial charge in [-0.25, -0.2) is 0 Å². The van der Waals surface area contributed by atoms with Gasteiger partial charge in [0.15, 0.2) is 0 Å². The lowest BCUT2D eigenvalue weighted by Gasteiger charge is -2.30. The summed E-state index contributed by atoms with van der Waals surface area (Å²) in [4.78, 5) is 2.35. The summed E-state index contributed by atoms with van der Waals surface area (Å²) in [6, 6.07) is 0.506. The molecule has 2 heterocycles. The molecule has 0 radical (unpaired) electrons. The minimum Gasteiger partial charge on any atom is -0.396 e. The highest BCUT2D eigenvalue weighted by atomic mass is 15.3. The molecule has 4 heteroatoms. The van der Waals surface area contributed by atoms with Gasteiger partial charge in [0.2, 0.25) is 0 Å². The van der Waals surface area contributed by atoms with Gasteiger partial charge in [-0.15, -0.1) is 0 Å². The van der Waals surface area contributed by atoms with Crippen molar-refractivity contribution >= 4 is 5.69 Å². The molecular weight excluding hydrogens is 176 g/mol. The molecule has 1 saturated heterocycles. The number of likely N-dealkylation sites (tertiary alicyclic amines) is 1. The van der Waals surface area contributed by atoms with Gasteiger partial charge in [-0.3, -0.25) is 4.68 Å². The molecule has 78 valence electrons. The third-order valence-corrected chi connectivity index (χ3v) is 3.03. The number of hydrogen-bond acceptors (Lipinski definition) is 3. The summed E-state index contributed by atoms with van der Waals surface area (Å²) in [5, 5.41) is 4.34. The molecule has 0 aromatic carbocycles. The van der Waals surface area contributed by atoms with E-state index in [1.807, 2.05) is 6.92 Å². The van der Waals surface area contributed by atoms with E-state index < -0.39 is 0 Å². The van der Waals surface area contributed by atoms with Crippen LogP contribution in [0.5, 0.6) is 0 Å². The first-order valence-corrected chi connectivity index (χ1v) is 5.16. The number of hydrogen-bond donors (Lipinski definition) is 1. The summed E-state index contributed by atoms with van der Waals surface area (Å²) < 4.78 is 2.07. The van der Waals surface area contributed by atoms with Gasteiger partial charge in [-0.2, -0.15) is 5.10 Å². The monoisotopic (exact) mass is 194 g/mol. The van der Waals surface area contributed by atoms with E-state index in [0.29, 0.717) is 6.04 Å². The van der Waals surface area contributed by atoms with Crippen LogP contribution in [0.25, 0.3) is 0 Å². The van der Waals surface area contributed by atoms with Crippen LogP contribution in [0.1, 0.15) is 24.6 Å². The average Bonchev–Trinajstić information content (AvgIpc) is 2.48. The maximum atomic E-state index is 5.79. The first-order chi connectivity index (χ1) is 6.68. The van der Waals surface area contributed by atoms with Gasteiger partial charge >= 0.3 is 0 Å². The Morgan fingerprint density at radius 3 is 2.93 bits per heavy atom. The Morgan fingerprint density at radius 1 is 1.57 bits per heavy atom. The Bertz CT molecular complexity index is 318. The second kappa shape index (κ2) is 3.61. The summed E-state index contributed by atoms with van der Waals surface area (Å²) in [5.74, 6) is 0. The van der Waals surface area contributed by atoms with Gasteiger partial charge in [-0.05, 0) is 33.4 Å². The van der Waals surface area contributed by atoms with Gasteiger partial charge in [0.25, 0.3) is 0 Å². The molecule has 0 aliphatic carbocycles. The minimum absolute atomic E-state index is 0.506. The minimum atomic E-state index is 0.506. The fourth-order valence-electron chi connectivity index (χ4n) is 2.14. The average molecular weight is 194 g/mol. The van der Waals surface area contributed by atoms with Crippen LogP contribution in [0.3, 0.4) is 0 Å². The molecule has 1 aromatic heterocycles. The number of piperidine rings is 1. The molecule has 2 rings (SSSR count). The molecule has 1 aliphatic heterocycles. The number of nitrogens with two attached hydrogens (primary N) is 1. The predicted octanol–water partition coefficient (Wildman–Crippen LogP) is 1.04. The first kappa shape index (κ1) is 9.52. The van der Waals surface area contributed by atoms with Crippen LogP contribution in [-0.2, 0) is 0 Å². The van der Waals surface area contributed by atoms with Gasteiger partial charge < -0.3 is 10.6 Å². The lowest BCUT2D eigenvalue weighted by Crippen LogP contribution is -2.34. The van der Waals surface area contributed by atoms with Crippen molar-refractivity contribution in [1.29, 1.82) is 0 Å². The number of nitrogens with zero attached hydrogens (tertiary/aromatic N) is 3. The van der Waals surface area contributed by atoms with Crippen molar-refractivity contribution in [2.45, 2.75) is 25.8 Å². The van der Waals surface area contributed by atoms with E-state index in [2.05, 4.69) is 21.7 Å². The predicted molar refractivity (Wildman–Crippen MR) is 57.1 cm³/mol. The summed E-state index contributed by atoms with van der Waals surface area (Å²) in [6.45, 7) is 4.32. The SMILES string of the molecule is Cc1c(N)cnn1[C@H]1CCCN(C)C1. The fourth-order valence-corrected chi connectivity index (χ4v) is 2.14. The van der Waals surface area contributed by atoms with Crippen molar-refractivity contribution in [1.82, 2.24) is 14.7 Å². The lowest BCUT2D eigenvalue weighted by molar-refractivity contribution is 0.201. The number of nitrogen functional groups attached to an aromatic ring is 1. The highest BCUT2D eigenvalue weighted by Crippen LogP contribution is 2.23. The molecular formula is C10H18N4. The molecule has 2 N–H and O–H groups in total. The van der Waals surface area contributed by atoms with E-state index >= 15 is 0 Å². The second-order valence-electron chi connectivity index (χ2n) is 4.19. The summed E-state index contributed by atoms with van der Waals surface area (Å²) in [6.07, 6.45) is 4.22. The maximum absolute atomic E-state index is 5.79. The normalized spacial score (nSPS) is 24.0. The molecule has 0 bridgehead atoms. The third-order valence-electron chi connectivity index (χ3n) is 3.03. The largest absolute Gasteiger partial charge is 0.396 e. The molecule has 4 nitrogen and oxygen atoms in total. The van der Waals surface area contributed by atoms with Crippen molar-refractivity contribution in [3.05, 3.63) is 11.9 Å². The fraction of sp³-hybridized carbons (Fsp3) is 0.700. The molecule has 1 fully saturated rings. The number of rotatable bonds is 1. The van der Waals surface area contributed by atoms with E-state index in [9.17, 15) is 0 Å². The Kier molecular flexibility index (Phi) is 2.46. The molecule has 0 amide bonds. The Hall–Kier alpha value is -1.03. The van der Waals surface area contributed by atoms with Crippen LogP contribution >= 0.6 is 0 Å². The summed E-state index contributed by atoms with van der Waals surface area (Å²) in [5.41, 5.74) is 7.69. The Balaban J connectivity index is 2.18. The first-order valence-electron chi connectivity index (χ1n) is 5.16. The van der Waals surface area contributed by atoms with E-state index in [4.69, 9.17) is 5.73 Å².